The zero-order valence-corrected chi connectivity index (χ0v) is 10.2. The van der Waals surface area contributed by atoms with E-state index in [1.165, 1.54) is 22.6 Å². The zero-order valence-electron chi connectivity index (χ0n) is 8.06. The number of alkyl halides is 2. The normalized spacial score (nSPS) is 10.6. The molecule has 0 amide bonds. The van der Waals surface area contributed by atoms with Crippen LogP contribution in [0.3, 0.4) is 0 Å². The molecule has 0 aliphatic carbocycles. The van der Waals surface area contributed by atoms with E-state index in [-0.39, 0.29) is 9.26 Å². The lowest BCUT2D eigenvalue weighted by atomic mass is 10.1. The maximum Gasteiger partial charge on any atom is 0.309 e. The molecule has 0 aliphatic heterocycles. The first kappa shape index (κ1) is 13.7. The molecule has 1 N–H and O–H groups in total. The molecule has 0 aliphatic rings. The summed E-state index contributed by atoms with van der Waals surface area (Å²) < 4.78 is 25.2. The molecule has 1 heterocycles. The SMILES string of the molecule is O=C(O)Cc1ncc([N+](=O)[O-])c(C(F)F)c1I. The number of hydrogen-bond acceptors (Lipinski definition) is 4. The molecule has 0 atom stereocenters. The van der Waals surface area contributed by atoms with Crippen molar-refractivity contribution in [3.05, 3.63) is 31.1 Å². The van der Waals surface area contributed by atoms with Crippen LogP contribution in [0.15, 0.2) is 6.20 Å². The van der Waals surface area contributed by atoms with E-state index in [1.807, 2.05) is 0 Å². The van der Waals surface area contributed by atoms with Crippen LogP contribution in [0.4, 0.5) is 14.5 Å². The Kier molecular flexibility index (Phi) is 4.26. The van der Waals surface area contributed by atoms with Crippen molar-refractivity contribution in [1.29, 1.82) is 0 Å². The first-order chi connectivity index (χ1) is 7.84. The number of nitrogens with zero attached hydrogens (tertiary/aromatic N) is 2. The van der Waals surface area contributed by atoms with E-state index >= 15 is 0 Å². The second-order valence-corrected chi connectivity index (χ2v) is 4.02. The molecule has 0 fully saturated rings. The second kappa shape index (κ2) is 5.29. The summed E-state index contributed by atoms with van der Waals surface area (Å²) in [5.74, 6) is -1.25. The van der Waals surface area contributed by atoms with Crippen LogP contribution in [0, 0.1) is 13.7 Å². The van der Waals surface area contributed by atoms with E-state index in [1.54, 1.807) is 0 Å². The average Bonchev–Trinajstić information content (AvgIpc) is 2.19. The second-order valence-electron chi connectivity index (χ2n) is 2.95. The molecule has 0 saturated heterocycles. The third kappa shape index (κ3) is 3.05. The Hall–Kier alpha value is -1.39. The Labute approximate surface area is 107 Å². The van der Waals surface area contributed by atoms with E-state index in [9.17, 15) is 23.7 Å². The van der Waals surface area contributed by atoms with E-state index in [0.29, 0.717) is 6.20 Å². The Balaban J connectivity index is 3.38. The molecule has 1 aromatic heterocycles. The van der Waals surface area contributed by atoms with E-state index in [2.05, 4.69) is 4.98 Å². The minimum Gasteiger partial charge on any atom is -0.481 e. The fraction of sp³-hybridized carbons (Fsp3) is 0.250. The molecule has 92 valence electrons. The fourth-order valence-corrected chi connectivity index (χ4v) is 1.99. The summed E-state index contributed by atoms with van der Waals surface area (Å²) in [4.78, 5) is 23.5. The van der Waals surface area contributed by atoms with Crippen LogP contribution in [0.25, 0.3) is 0 Å². The Morgan fingerprint density at radius 2 is 2.24 bits per heavy atom. The summed E-state index contributed by atoms with van der Waals surface area (Å²) in [6, 6.07) is 0. The third-order valence-corrected chi connectivity index (χ3v) is 3.05. The molecule has 1 aromatic rings. The van der Waals surface area contributed by atoms with Gasteiger partial charge in [0, 0.05) is 0 Å². The molecule has 0 unspecified atom stereocenters. The Morgan fingerprint density at radius 3 is 2.65 bits per heavy atom. The molecule has 6 nitrogen and oxygen atoms in total. The maximum atomic E-state index is 12.7. The van der Waals surface area contributed by atoms with E-state index in [4.69, 9.17) is 5.11 Å². The molecule has 9 heteroatoms. The molecule has 17 heavy (non-hydrogen) atoms. The number of hydrogen-bond donors (Lipinski definition) is 1. The predicted molar refractivity (Wildman–Crippen MR) is 59.9 cm³/mol. The van der Waals surface area contributed by atoms with Crippen molar-refractivity contribution in [2.45, 2.75) is 12.8 Å². The number of nitro groups is 1. The van der Waals surface area contributed by atoms with Crippen molar-refractivity contribution in [1.82, 2.24) is 4.98 Å². The highest BCUT2D eigenvalue weighted by Gasteiger charge is 2.27. The zero-order chi connectivity index (χ0) is 13.2. The number of aliphatic carboxylic acids is 1. The van der Waals surface area contributed by atoms with Crippen molar-refractivity contribution >= 4 is 34.2 Å². The molecule has 0 bridgehead atoms. The molecular weight excluding hydrogens is 353 g/mol. The third-order valence-electron chi connectivity index (χ3n) is 1.84. The number of halogens is 3. The van der Waals surface area contributed by atoms with Gasteiger partial charge >= 0.3 is 5.97 Å². The van der Waals surface area contributed by atoms with Gasteiger partial charge in [0.1, 0.15) is 11.8 Å². The predicted octanol–water partition coefficient (Wildman–Crippen LogP) is 2.16. The minimum absolute atomic E-state index is 0.112. The summed E-state index contributed by atoms with van der Waals surface area (Å²) in [7, 11) is 0. The first-order valence-corrected chi connectivity index (χ1v) is 5.24. The van der Waals surface area contributed by atoms with Crippen molar-refractivity contribution in [3.8, 4) is 0 Å². The number of pyridine rings is 1. The minimum atomic E-state index is -3.06. The van der Waals surface area contributed by atoms with Gasteiger partial charge in [-0.2, -0.15) is 0 Å². The number of carbonyl (C=O) groups is 1. The van der Waals surface area contributed by atoms with Gasteiger partial charge in [-0.3, -0.25) is 19.9 Å². The van der Waals surface area contributed by atoms with Gasteiger partial charge in [-0.15, -0.1) is 0 Å². The Bertz CT molecular complexity index is 481. The van der Waals surface area contributed by atoms with Gasteiger partial charge < -0.3 is 5.11 Å². The quantitative estimate of drug-likeness (QED) is 0.506. The van der Waals surface area contributed by atoms with Crippen LogP contribution in [-0.4, -0.2) is 21.0 Å². The standard InChI is InChI=1S/C8H5F2IN2O4/c9-8(10)6-4(13(16)17)2-12-3(7(6)11)1-5(14)15/h2,8H,1H2,(H,14,15). The highest BCUT2D eigenvalue weighted by molar-refractivity contribution is 14.1. The molecule has 0 aromatic carbocycles. The van der Waals surface area contributed by atoms with Gasteiger partial charge in [-0.1, -0.05) is 0 Å². The van der Waals surface area contributed by atoms with Gasteiger partial charge in [-0.05, 0) is 22.6 Å². The highest BCUT2D eigenvalue weighted by atomic mass is 127. The van der Waals surface area contributed by atoms with Crippen molar-refractivity contribution in [3.63, 3.8) is 0 Å². The topological polar surface area (TPSA) is 93.3 Å². The number of rotatable bonds is 4. The Morgan fingerprint density at radius 1 is 1.65 bits per heavy atom. The summed E-state index contributed by atoms with van der Waals surface area (Å²) in [5, 5.41) is 19.1. The number of carboxylic acid groups (broad SMARTS) is 1. The summed E-state index contributed by atoms with van der Waals surface area (Å²) in [6.07, 6.45) is -2.96. The molecular formula is C8H5F2IN2O4. The van der Waals surface area contributed by atoms with E-state index in [0.717, 1.165) is 0 Å². The van der Waals surface area contributed by atoms with Crippen LogP contribution in [0.2, 0.25) is 0 Å². The van der Waals surface area contributed by atoms with Crippen molar-refractivity contribution < 1.29 is 23.6 Å². The van der Waals surface area contributed by atoms with E-state index < -0.39 is 35.0 Å². The summed E-state index contributed by atoms with van der Waals surface area (Å²) >= 11 is 1.44. The van der Waals surface area contributed by atoms with Crippen LogP contribution in [0.1, 0.15) is 17.7 Å². The van der Waals surface area contributed by atoms with Crippen molar-refractivity contribution in [2.24, 2.45) is 0 Å². The smallest absolute Gasteiger partial charge is 0.309 e. The molecule has 0 spiro atoms. The van der Waals surface area contributed by atoms with Gasteiger partial charge in [-0.25, -0.2) is 8.78 Å². The highest BCUT2D eigenvalue weighted by Crippen LogP contribution is 2.33. The molecule has 0 radical (unpaired) electrons. The number of aromatic nitrogens is 1. The lowest BCUT2D eigenvalue weighted by Crippen LogP contribution is -2.09. The van der Waals surface area contributed by atoms with Gasteiger partial charge in [0.25, 0.3) is 12.1 Å². The van der Waals surface area contributed by atoms with Crippen LogP contribution < -0.4 is 0 Å². The largest absolute Gasteiger partial charge is 0.481 e. The lowest BCUT2D eigenvalue weighted by molar-refractivity contribution is -0.386. The van der Waals surface area contributed by atoms with Gasteiger partial charge in [0.05, 0.1) is 20.6 Å². The van der Waals surface area contributed by atoms with Crippen LogP contribution in [0.5, 0.6) is 0 Å². The number of carboxylic acids is 1. The van der Waals surface area contributed by atoms with Crippen molar-refractivity contribution in [2.75, 3.05) is 0 Å². The summed E-state index contributed by atoms with van der Waals surface area (Å²) in [6.45, 7) is 0. The lowest BCUT2D eigenvalue weighted by Gasteiger charge is -2.07. The maximum absolute atomic E-state index is 12.7. The van der Waals surface area contributed by atoms with Crippen LogP contribution in [-0.2, 0) is 11.2 Å². The van der Waals surface area contributed by atoms with Gasteiger partial charge in [0.2, 0.25) is 0 Å². The monoisotopic (exact) mass is 358 g/mol. The molecule has 0 saturated carbocycles. The fourth-order valence-electron chi connectivity index (χ4n) is 1.15. The first-order valence-electron chi connectivity index (χ1n) is 4.16. The summed E-state index contributed by atoms with van der Waals surface area (Å²) in [5.41, 5.74) is -1.71. The van der Waals surface area contributed by atoms with Gasteiger partial charge in [0.15, 0.2) is 0 Å². The van der Waals surface area contributed by atoms with Crippen LogP contribution >= 0.6 is 22.6 Å². The molecule has 1 rings (SSSR count). The average molecular weight is 358 g/mol.